The van der Waals surface area contributed by atoms with Gasteiger partial charge in [-0.2, -0.15) is 0 Å². The third-order valence-corrected chi connectivity index (χ3v) is 4.52. The Morgan fingerprint density at radius 3 is 2.76 bits per heavy atom. The fraction of sp³-hybridized carbons (Fsp3) is 0.538. The molecule has 1 aliphatic carbocycles. The fourth-order valence-corrected chi connectivity index (χ4v) is 2.75. The number of hydrogen-bond acceptors (Lipinski definition) is 3. The van der Waals surface area contributed by atoms with Gasteiger partial charge in [0.05, 0.1) is 4.47 Å². The summed E-state index contributed by atoms with van der Waals surface area (Å²) in [6.45, 7) is 3.34. The predicted octanol–water partition coefficient (Wildman–Crippen LogP) is 2.56. The summed E-state index contributed by atoms with van der Waals surface area (Å²) in [6.07, 6.45) is 3.17. The highest BCUT2D eigenvalue weighted by atomic mass is 79.9. The summed E-state index contributed by atoms with van der Waals surface area (Å²) in [4.78, 5) is 0. The lowest BCUT2D eigenvalue weighted by molar-refractivity contribution is 0.170. The van der Waals surface area contributed by atoms with Gasteiger partial charge in [0, 0.05) is 5.54 Å². The van der Waals surface area contributed by atoms with E-state index in [0.29, 0.717) is 13.2 Å². The molecule has 0 bridgehead atoms. The molecular weight excluding hydrogens is 282 g/mol. The maximum atomic E-state index is 6.19. The number of rotatable bonds is 2. The minimum atomic E-state index is 0.0218. The van der Waals surface area contributed by atoms with Gasteiger partial charge in [-0.25, -0.2) is 0 Å². The maximum absolute atomic E-state index is 6.19. The van der Waals surface area contributed by atoms with E-state index < -0.39 is 0 Å². The molecule has 3 nitrogen and oxygen atoms in total. The van der Waals surface area contributed by atoms with Crippen LogP contribution < -0.4 is 15.2 Å². The first-order chi connectivity index (χ1) is 8.09. The van der Waals surface area contributed by atoms with E-state index in [1.54, 1.807) is 0 Å². The molecule has 0 radical (unpaired) electrons. The average Bonchev–Trinajstić information content (AvgIpc) is 3.04. The average molecular weight is 298 g/mol. The van der Waals surface area contributed by atoms with Gasteiger partial charge >= 0.3 is 0 Å². The predicted molar refractivity (Wildman–Crippen MR) is 69.7 cm³/mol. The topological polar surface area (TPSA) is 44.5 Å². The highest BCUT2D eigenvalue weighted by molar-refractivity contribution is 9.10. The van der Waals surface area contributed by atoms with E-state index in [9.17, 15) is 0 Å². The maximum Gasteiger partial charge on any atom is 0.175 e. The summed E-state index contributed by atoms with van der Waals surface area (Å²) >= 11 is 3.60. The zero-order valence-electron chi connectivity index (χ0n) is 9.88. The quantitative estimate of drug-likeness (QED) is 0.912. The van der Waals surface area contributed by atoms with E-state index in [4.69, 9.17) is 15.2 Å². The highest BCUT2D eigenvalue weighted by Crippen LogP contribution is 2.44. The Kier molecular flexibility index (Phi) is 2.60. The van der Waals surface area contributed by atoms with E-state index in [1.165, 1.54) is 11.1 Å². The minimum absolute atomic E-state index is 0.0218. The molecule has 0 aromatic heterocycles. The second-order valence-electron chi connectivity index (χ2n) is 5.04. The van der Waals surface area contributed by atoms with Crippen LogP contribution in [0.2, 0.25) is 0 Å². The molecule has 0 spiro atoms. The van der Waals surface area contributed by atoms with Gasteiger partial charge in [-0.1, -0.05) is 0 Å². The molecule has 1 aliphatic heterocycles. The zero-order chi connectivity index (χ0) is 12.0. The smallest absolute Gasteiger partial charge is 0.175 e. The first-order valence-electron chi connectivity index (χ1n) is 5.95. The van der Waals surface area contributed by atoms with Crippen LogP contribution in [0.3, 0.4) is 0 Å². The third-order valence-electron chi connectivity index (χ3n) is 3.56. The van der Waals surface area contributed by atoms with Crippen molar-refractivity contribution in [2.45, 2.75) is 31.7 Å². The number of hydrogen-bond donors (Lipinski definition) is 1. The molecule has 0 unspecified atom stereocenters. The van der Waals surface area contributed by atoms with Crippen molar-refractivity contribution in [1.82, 2.24) is 0 Å². The highest BCUT2D eigenvalue weighted by Gasteiger charge is 2.39. The molecule has 1 fully saturated rings. The van der Waals surface area contributed by atoms with Crippen LogP contribution in [-0.4, -0.2) is 18.8 Å². The fourth-order valence-electron chi connectivity index (χ4n) is 2.19. The van der Waals surface area contributed by atoms with E-state index in [-0.39, 0.29) is 5.54 Å². The Labute approximate surface area is 109 Å². The van der Waals surface area contributed by atoms with Crippen molar-refractivity contribution in [1.29, 1.82) is 0 Å². The monoisotopic (exact) mass is 297 g/mol. The molecule has 0 atom stereocenters. The molecule has 17 heavy (non-hydrogen) atoms. The normalized spacial score (nSPS) is 20.2. The van der Waals surface area contributed by atoms with Gasteiger partial charge in [0.1, 0.15) is 13.2 Å². The molecule has 4 heteroatoms. The molecule has 3 rings (SSSR count). The van der Waals surface area contributed by atoms with E-state index >= 15 is 0 Å². The number of fused-ring (bicyclic) bond motifs is 1. The third kappa shape index (κ3) is 2.04. The lowest BCUT2D eigenvalue weighted by Crippen LogP contribution is -2.25. The van der Waals surface area contributed by atoms with Crippen LogP contribution >= 0.6 is 15.9 Å². The molecule has 1 aromatic rings. The molecule has 1 saturated carbocycles. The standard InChI is InChI=1S/C13H16BrNO2/c1-8-9(7-13(15)2-3-13)6-10-12(11(8)14)17-5-4-16-10/h6H,2-5,7,15H2,1H3. The summed E-state index contributed by atoms with van der Waals surface area (Å²) in [5, 5.41) is 0. The molecule has 0 amide bonds. The first kappa shape index (κ1) is 11.4. The van der Waals surface area contributed by atoms with Crippen molar-refractivity contribution in [3.05, 3.63) is 21.7 Å². The van der Waals surface area contributed by atoms with Gasteiger partial charge in [0.2, 0.25) is 0 Å². The Bertz CT molecular complexity index is 469. The van der Waals surface area contributed by atoms with Crippen LogP contribution in [-0.2, 0) is 6.42 Å². The van der Waals surface area contributed by atoms with Gasteiger partial charge in [0.25, 0.3) is 0 Å². The van der Waals surface area contributed by atoms with Crippen molar-refractivity contribution in [3.8, 4) is 11.5 Å². The van der Waals surface area contributed by atoms with Crippen molar-refractivity contribution in [2.75, 3.05) is 13.2 Å². The summed E-state index contributed by atoms with van der Waals surface area (Å²) in [5.41, 5.74) is 8.69. The largest absolute Gasteiger partial charge is 0.486 e. The van der Waals surface area contributed by atoms with E-state index in [1.807, 2.05) is 0 Å². The first-order valence-corrected chi connectivity index (χ1v) is 6.75. The van der Waals surface area contributed by atoms with Gasteiger partial charge in [-0.3, -0.25) is 0 Å². The Balaban J connectivity index is 2.01. The van der Waals surface area contributed by atoms with Crippen LogP contribution in [0.4, 0.5) is 0 Å². The van der Waals surface area contributed by atoms with E-state index in [0.717, 1.165) is 35.2 Å². The molecule has 92 valence electrons. The van der Waals surface area contributed by atoms with Gasteiger partial charge in [-0.05, 0) is 59.3 Å². The molecule has 1 aromatic carbocycles. The Hall–Kier alpha value is -0.740. The number of benzene rings is 1. The summed E-state index contributed by atoms with van der Waals surface area (Å²) in [6, 6.07) is 2.08. The molecule has 2 aliphatic rings. The van der Waals surface area contributed by atoms with Crippen molar-refractivity contribution in [3.63, 3.8) is 0 Å². The SMILES string of the molecule is Cc1c(CC2(N)CC2)cc2c(c1Br)OCCO2. The number of nitrogens with two attached hydrogens (primary N) is 1. The zero-order valence-corrected chi connectivity index (χ0v) is 11.5. The van der Waals surface area contributed by atoms with E-state index in [2.05, 4.69) is 28.9 Å². The summed E-state index contributed by atoms with van der Waals surface area (Å²) in [7, 11) is 0. The summed E-state index contributed by atoms with van der Waals surface area (Å²) < 4.78 is 12.3. The second kappa shape index (κ2) is 3.89. The second-order valence-corrected chi connectivity index (χ2v) is 5.83. The molecule has 1 heterocycles. The molecule has 2 N–H and O–H groups in total. The van der Waals surface area contributed by atoms with Crippen LogP contribution in [0, 0.1) is 6.92 Å². The van der Waals surface area contributed by atoms with Crippen LogP contribution in [0.15, 0.2) is 10.5 Å². The van der Waals surface area contributed by atoms with Crippen molar-refractivity contribution < 1.29 is 9.47 Å². The molecule has 0 saturated heterocycles. The lowest BCUT2D eigenvalue weighted by atomic mass is 9.99. The lowest BCUT2D eigenvalue weighted by Gasteiger charge is -2.23. The van der Waals surface area contributed by atoms with Gasteiger partial charge in [-0.15, -0.1) is 0 Å². The summed E-state index contributed by atoms with van der Waals surface area (Å²) in [5.74, 6) is 1.67. The van der Waals surface area contributed by atoms with Crippen LogP contribution in [0.25, 0.3) is 0 Å². The van der Waals surface area contributed by atoms with Gasteiger partial charge in [0.15, 0.2) is 11.5 Å². The Morgan fingerprint density at radius 1 is 1.35 bits per heavy atom. The number of halogens is 1. The van der Waals surface area contributed by atoms with Crippen molar-refractivity contribution in [2.24, 2.45) is 5.73 Å². The Morgan fingerprint density at radius 2 is 2.06 bits per heavy atom. The molecular formula is C13H16BrNO2. The van der Waals surface area contributed by atoms with Crippen LogP contribution in [0.5, 0.6) is 11.5 Å². The minimum Gasteiger partial charge on any atom is -0.486 e. The number of ether oxygens (including phenoxy) is 2. The van der Waals surface area contributed by atoms with Gasteiger partial charge < -0.3 is 15.2 Å². The van der Waals surface area contributed by atoms with Crippen molar-refractivity contribution >= 4 is 15.9 Å². The van der Waals surface area contributed by atoms with Crippen LogP contribution in [0.1, 0.15) is 24.0 Å².